The van der Waals surface area contributed by atoms with Crippen molar-refractivity contribution >= 4 is 11.6 Å². The lowest BCUT2D eigenvalue weighted by Crippen LogP contribution is -2.03. The first kappa shape index (κ1) is 15.1. The lowest BCUT2D eigenvalue weighted by Gasteiger charge is -2.14. The van der Waals surface area contributed by atoms with E-state index in [-0.39, 0.29) is 0 Å². The predicted molar refractivity (Wildman–Crippen MR) is 75.5 cm³/mol. The second kappa shape index (κ2) is 7.49. The average molecular weight is 272 g/mol. The molecule has 102 valence electrons. The van der Waals surface area contributed by atoms with Crippen LogP contribution in [0.25, 0.3) is 0 Å². The number of hydrogen-bond donors (Lipinski definition) is 1. The monoisotopic (exact) mass is 271 g/mol. The van der Waals surface area contributed by atoms with Crippen LogP contribution in [0.3, 0.4) is 0 Å². The molecule has 3 nitrogen and oxygen atoms in total. The highest BCUT2D eigenvalue weighted by Gasteiger charge is 2.11. The topological polar surface area (TPSA) is 44.5 Å². The number of benzene rings is 1. The van der Waals surface area contributed by atoms with Gasteiger partial charge in [-0.15, -0.1) is 0 Å². The Bertz CT molecular complexity index is 380. The van der Waals surface area contributed by atoms with E-state index >= 15 is 0 Å². The quantitative estimate of drug-likeness (QED) is 0.771. The van der Waals surface area contributed by atoms with Gasteiger partial charge in [0.1, 0.15) is 0 Å². The zero-order valence-corrected chi connectivity index (χ0v) is 12.1. The minimum Gasteiger partial charge on any atom is -0.493 e. The first-order chi connectivity index (χ1) is 8.58. The molecule has 0 aliphatic rings. The van der Waals surface area contributed by atoms with Crippen molar-refractivity contribution in [3.05, 3.63) is 22.7 Å². The van der Waals surface area contributed by atoms with Crippen LogP contribution in [0, 0.1) is 5.92 Å². The summed E-state index contributed by atoms with van der Waals surface area (Å²) in [7, 11) is 1.60. The molecule has 0 unspecified atom stereocenters. The lowest BCUT2D eigenvalue weighted by molar-refractivity contribution is 0.280. The molecule has 0 atom stereocenters. The van der Waals surface area contributed by atoms with E-state index in [1.165, 1.54) is 0 Å². The third kappa shape index (κ3) is 4.39. The van der Waals surface area contributed by atoms with Crippen LogP contribution < -0.4 is 15.2 Å². The first-order valence-electron chi connectivity index (χ1n) is 6.27. The largest absolute Gasteiger partial charge is 0.493 e. The maximum absolute atomic E-state index is 6.17. The third-order valence-electron chi connectivity index (χ3n) is 2.70. The van der Waals surface area contributed by atoms with E-state index in [9.17, 15) is 0 Å². The van der Waals surface area contributed by atoms with Gasteiger partial charge in [-0.2, -0.15) is 0 Å². The van der Waals surface area contributed by atoms with Gasteiger partial charge in [-0.05, 0) is 36.5 Å². The Labute approximate surface area is 114 Å². The van der Waals surface area contributed by atoms with Gasteiger partial charge in [-0.1, -0.05) is 25.4 Å². The standard InChI is InChI=1S/C14H22ClNO2/c1-10(2)5-4-6-18-14-12(15)7-11(9-16)8-13(14)17-3/h7-8,10H,4-6,9,16H2,1-3H3. The Kier molecular flexibility index (Phi) is 6.30. The molecule has 0 saturated heterocycles. The van der Waals surface area contributed by atoms with Gasteiger partial charge in [0, 0.05) is 6.54 Å². The maximum atomic E-state index is 6.17. The van der Waals surface area contributed by atoms with E-state index in [2.05, 4.69) is 13.8 Å². The van der Waals surface area contributed by atoms with Crippen molar-refractivity contribution in [2.45, 2.75) is 33.2 Å². The van der Waals surface area contributed by atoms with E-state index < -0.39 is 0 Å². The Balaban J connectivity index is 2.69. The maximum Gasteiger partial charge on any atom is 0.179 e. The van der Waals surface area contributed by atoms with Gasteiger partial charge < -0.3 is 15.2 Å². The molecular weight excluding hydrogens is 250 g/mol. The molecule has 2 N–H and O–H groups in total. The number of ether oxygens (including phenoxy) is 2. The van der Waals surface area contributed by atoms with Crippen molar-refractivity contribution < 1.29 is 9.47 Å². The lowest BCUT2D eigenvalue weighted by atomic mass is 10.1. The highest BCUT2D eigenvalue weighted by atomic mass is 35.5. The molecule has 0 bridgehead atoms. The fourth-order valence-electron chi connectivity index (χ4n) is 1.70. The molecule has 0 spiro atoms. The average Bonchev–Trinajstić information content (AvgIpc) is 2.34. The first-order valence-corrected chi connectivity index (χ1v) is 6.65. The Morgan fingerprint density at radius 3 is 2.61 bits per heavy atom. The van der Waals surface area contributed by atoms with Gasteiger partial charge in [0.15, 0.2) is 11.5 Å². The molecule has 1 rings (SSSR count). The van der Waals surface area contributed by atoms with Crippen molar-refractivity contribution in [1.82, 2.24) is 0 Å². The third-order valence-corrected chi connectivity index (χ3v) is 2.98. The molecular formula is C14H22ClNO2. The van der Waals surface area contributed by atoms with E-state index in [1.54, 1.807) is 7.11 Å². The summed E-state index contributed by atoms with van der Waals surface area (Å²) in [6.07, 6.45) is 2.15. The van der Waals surface area contributed by atoms with E-state index in [0.717, 1.165) is 18.4 Å². The van der Waals surface area contributed by atoms with Crippen molar-refractivity contribution in [3.63, 3.8) is 0 Å². The van der Waals surface area contributed by atoms with Gasteiger partial charge in [0.2, 0.25) is 0 Å². The SMILES string of the molecule is COc1cc(CN)cc(Cl)c1OCCCC(C)C. The van der Waals surface area contributed by atoms with Gasteiger partial charge in [0.05, 0.1) is 18.7 Å². The van der Waals surface area contributed by atoms with Crippen LogP contribution in [0.1, 0.15) is 32.3 Å². The van der Waals surface area contributed by atoms with Gasteiger partial charge in [0.25, 0.3) is 0 Å². The predicted octanol–water partition coefficient (Wildman–Crippen LogP) is 3.62. The van der Waals surface area contributed by atoms with Crippen LogP contribution >= 0.6 is 11.6 Å². The summed E-state index contributed by atoms with van der Waals surface area (Å²) >= 11 is 6.17. The van der Waals surface area contributed by atoms with Crippen LogP contribution in [0.5, 0.6) is 11.5 Å². The molecule has 0 radical (unpaired) electrons. The van der Waals surface area contributed by atoms with Crippen LogP contribution in [0.2, 0.25) is 5.02 Å². The van der Waals surface area contributed by atoms with Gasteiger partial charge in [-0.3, -0.25) is 0 Å². The van der Waals surface area contributed by atoms with Crippen molar-refractivity contribution in [1.29, 1.82) is 0 Å². The molecule has 0 fully saturated rings. The Morgan fingerprint density at radius 1 is 1.33 bits per heavy atom. The zero-order chi connectivity index (χ0) is 13.5. The van der Waals surface area contributed by atoms with Gasteiger partial charge in [-0.25, -0.2) is 0 Å². The molecule has 0 amide bonds. The summed E-state index contributed by atoms with van der Waals surface area (Å²) in [4.78, 5) is 0. The fourth-order valence-corrected chi connectivity index (χ4v) is 1.98. The van der Waals surface area contributed by atoms with Crippen LogP contribution in [0.4, 0.5) is 0 Å². The summed E-state index contributed by atoms with van der Waals surface area (Å²) in [5.74, 6) is 1.94. The highest BCUT2D eigenvalue weighted by Crippen LogP contribution is 2.36. The zero-order valence-electron chi connectivity index (χ0n) is 11.3. The van der Waals surface area contributed by atoms with Gasteiger partial charge >= 0.3 is 0 Å². The summed E-state index contributed by atoms with van der Waals surface area (Å²) in [6, 6.07) is 3.69. The van der Waals surface area contributed by atoms with E-state index in [1.807, 2.05) is 12.1 Å². The normalized spacial score (nSPS) is 10.8. The Morgan fingerprint density at radius 2 is 2.06 bits per heavy atom. The molecule has 18 heavy (non-hydrogen) atoms. The summed E-state index contributed by atoms with van der Waals surface area (Å²) in [5, 5.41) is 0.555. The minimum atomic E-state index is 0.434. The number of hydrogen-bond acceptors (Lipinski definition) is 3. The van der Waals surface area contributed by atoms with Crippen molar-refractivity contribution in [2.75, 3.05) is 13.7 Å². The van der Waals surface area contributed by atoms with Crippen LogP contribution in [-0.4, -0.2) is 13.7 Å². The minimum absolute atomic E-state index is 0.434. The second-order valence-electron chi connectivity index (χ2n) is 4.70. The summed E-state index contributed by atoms with van der Waals surface area (Å²) in [6.45, 7) is 5.48. The number of halogens is 1. The molecule has 0 aromatic heterocycles. The molecule has 1 aromatic carbocycles. The number of methoxy groups -OCH3 is 1. The van der Waals surface area contributed by atoms with E-state index in [0.29, 0.717) is 35.6 Å². The fraction of sp³-hybridized carbons (Fsp3) is 0.571. The van der Waals surface area contributed by atoms with Crippen LogP contribution in [-0.2, 0) is 6.54 Å². The summed E-state index contributed by atoms with van der Waals surface area (Å²) in [5.41, 5.74) is 6.53. The smallest absolute Gasteiger partial charge is 0.179 e. The molecule has 0 saturated carbocycles. The molecule has 1 aromatic rings. The van der Waals surface area contributed by atoms with Crippen LogP contribution in [0.15, 0.2) is 12.1 Å². The second-order valence-corrected chi connectivity index (χ2v) is 5.10. The van der Waals surface area contributed by atoms with Crippen molar-refractivity contribution in [2.24, 2.45) is 11.7 Å². The highest BCUT2D eigenvalue weighted by molar-refractivity contribution is 6.32. The molecule has 0 aliphatic carbocycles. The summed E-state index contributed by atoms with van der Waals surface area (Å²) < 4.78 is 11.0. The molecule has 4 heteroatoms. The van der Waals surface area contributed by atoms with Crippen molar-refractivity contribution in [3.8, 4) is 11.5 Å². The van der Waals surface area contributed by atoms with E-state index in [4.69, 9.17) is 26.8 Å². The molecule has 0 aliphatic heterocycles. The molecule has 0 heterocycles. The number of rotatable bonds is 7. The number of nitrogens with two attached hydrogens (primary N) is 1. The Hall–Kier alpha value is -0.930.